The normalized spacial score (nSPS) is 22.9. The minimum atomic E-state index is -0.699. The van der Waals surface area contributed by atoms with Crippen molar-refractivity contribution < 1.29 is 14.4 Å². The van der Waals surface area contributed by atoms with Gasteiger partial charge in [-0.1, -0.05) is 81.4 Å². The second kappa shape index (κ2) is 11.1. The molecule has 5 atom stereocenters. The zero-order valence-corrected chi connectivity index (χ0v) is 22.3. The van der Waals surface area contributed by atoms with Gasteiger partial charge in [0.05, 0.1) is 18.0 Å². The second-order valence-corrected chi connectivity index (χ2v) is 11.6. The van der Waals surface area contributed by atoms with Crippen LogP contribution >= 0.6 is 0 Å². The van der Waals surface area contributed by atoms with Gasteiger partial charge in [-0.25, -0.2) is 0 Å². The molecule has 2 aliphatic rings. The van der Waals surface area contributed by atoms with E-state index in [-0.39, 0.29) is 29.8 Å². The van der Waals surface area contributed by atoms with Gasteiger partial charge < -0.3 is 21.3 Å². The number of amides is 3. The fourth-order valence-electron chi connectivity index (χ4n) is 5.86. The molecule has 1 saturated heterocycles. The van der Waals surface area contributed by atoms with E-state index >= 15 is 0 Å². The van der Waals surface area contributed by atoms with Gasteiger partial charge in [-0.15, -0.1) is 0 Å². The molecule has 7 nitrogen and oxygen atoms in total. The summed E-state index contributed by atoms with van der Waals surface area (Å²) in [5, 5.41) is 6.22. The van der Waals surface area contributed by atoms with Crippen molar-refractivity contribution >= 4 is 17.7 Å². The highest BCUT2D eigenvalue weighted by atomic mass is 16.2. The van der Waals surface area contributed by atoms with Crippen molar-refractivity contribution in [2.75, 3.05) is 6.54 Å². The molecule has 1 saturated carbocycles. The molecule has 1 aliphatic heterocycles. The Morgan fingerprint density at radius 2 is 1.46 bits per heavy atom. The molecular weight excluding hydrogens is 464 g/mol. The topological polar surface area (TPSA) is 105 Å². The zero-order chi connectivity index (χ0) is 26.7. The number of benzene rings is 2. The predicted molar refractivity (Wildman–Crippen MR) is 145 cm³/mol. The SMILES string of the molecule is C[C@H](N)C(=O)NC(C(=O)N1CCC2CCC(NC(=O)C(c3ccccc3)c3ccccc3)C21)C(C)(C)C. The van der Waals surface area contributed by atoms with Crippen LogP contribution in [0.3, 0.4) is 0 Å². The van der Waals surface area contributed by atoms with Crippen LogP contribution in [-0.4, -0.2) is 53.3 Å². The van der Waals surface area contributed by atoms with E-state index in [1.807, 2.05) is 86.3 Å². The third kappa shape index (κ3) is 5.87. The number of fused-ring (bicyclic) bond motifs is 1. The molecule has 4 unspecified atom stereocenters. The van der Waals surface area contributed by atoms with E-state index in [4.69, 9.17) is 5.73 Å². The largest absolute Gasteiger partial charge is 0.350 e. The first-order valence-electron chi connectivity index (χ1n) is 13.3. The van der Waals surface area contributed by atoms with E-state index in [0.29, 0.717) is 12.5 Å². The average Bonchev–Trinajstić information content (AvgIpc) is 3.46. The first-order chi connectivity index (χ1) is 17.6. The summed E-state index contributed by atoms with van der Waals surface area (Å²) >= 11 is 0. The van der Waals surface area contributed by atoms with Crippen LogP contribution in [0, 0.1) is 11.3 Å². The van der Waals surface area contributed by atoms with Gasteiger partial charge in [0.15, 0.2) is 0 Å². The number of hydrogen-bond donors (Lipinski definition) is 3. The molecule has 2 aromatic carbocycles. The summed E-state index contributed by atoms with van der Waals surface area (Å²) in [6, 6.07) is 18.0. The molecule has 0 bridgehead atoms. The fraction of sp³-hybridized carbons (Fsp3) is 0.500. The van der Waals surface area contributed by atoms with Gasteiger partial charge in [-0.05, 0) is 48.6 Å². The molecule has 1 heterocycles. The maximum Gasteiger partial charge on any atom is 0.246 e. The number of nitrogens with two attached hydrogens (primary N) is 1. The molecule has 4 N–H and O–H groups in total. The summed E-state index contributed by atoms with van der Waals surface area (Å²) in [4.78, 5) is 42.0. The van der Waals surface area contributed by atoms with Crippen LogP contribution in [0.2, 0.25) is 0 Å². The van der Waals surface area contributed by atoms with Crippen molar-refractivity contribution in [1.82, 2.24) is 15.5 Å². The maximum absolute atomic E-state index is 13.9. The number of hydrogen-bond acceptors (Lipinski definition) is 4. The van der Waals surface area contributed by atoms with E-state index in [0.717, 1.165) is 30.4 Å². The van der Waals surface area contributed by atoms with Crippen LogP contribution in [0.15, 0.2) is 60.7 Å². The summed E-state index contributed by atoms with van der Waals surface area (Å²) in [6.07, 6.45) is 2.70. The van der Waals surface area contributed by atoms with E-state index in [1.165, 1.54) is 0 Å². The predicted octanol–water partition coefficient (Wildman–Crippen LogP) is 3.19. The van der Waals surface area contributed by atoms with Crippen molar-refractivity contribution in [2.24, 2.45) is 17.1 Å². The molecule has 3 amide bonds. The lowest BCUT2D eigenvalue weighted by Crippen LogP contribution is -2.60. The molecule has 0 radical (unpaired) electrons. The monoisotopic (exact) mass is 504 g/mol. The van der Waals surface area contributed by atoms with Crippen LogP contribution < -0.4 is 16.4 Å². The number of likely N-dealkylation sites (tertiary alicyclic amines) is 1. The Hall–Kier alpha value is -3.19. The molecular formula is C30H40N4O3. The Bertz CT molecular complexity index is 1060. The summed E-state index contributed by atoms with van der Waals surface area (Å²) in [5.41, 5.74) is 7.17. The third-order valence-corrected chi connectivity index (χ3v) is 7.80. The van der Waals surface area contributed by atoms with Crippen LogP contribution in [0.5, 0.6) is 0 Å². The number of carbonyl (C=O) groups is 3. The van der Waals surface area contributed by atoms with Crippen LogP contribution in [0.1, 0.15) is 64.0 Å². The van der Waals surface area contributed by atoms with Gasteiger partial charge in [-0.2, -0.15) is 0 Å². The van der Waals surface area contributed by atoms with Crippen LogP contribution in [-0.2, 0) is 14.4 Å². The Morgan fingerprint density at radius 1 is 0.892 bits per heavy atom. The summed E-state index contributed by atoms with van der Waals surface area (Å²) in [7, 11) is 0. The van der Waals surface area contributed by atoms with Gasteiger partial charge in [0.1, 0.15) is 6.04 Å². The molecule has 4 rings (SSSR count). The van der Waals surface area contributed by atoms with Gasteiger partial charge in [0.2, 0.25) is 17.7 Å². The van der Waals surface area contributed by atoms with Crippen LogP contribution in [0.25, 0.3) is 0 Å². The minimum Gasteiger partial charge on any atom is -0.350 e. The highest BCUT2D eigenvalue weighted by molar-refractivity contribution is 5.91. The Morgan fingerprint density at radius 3 is 1.97 bits per heavy atom. The van der Waals surface area contributed by atoms with Crippen LogP contribution in [0.4, 0.5) is 0 Å². The number of rotatable bonds is 7. The lowest BCUT2D eigenvalue weighted by Gasteiger charge is -2.38. The highest BCUT2D eigenvalue weighted by Gasteiger charge is 2.49. The lowest BCUT2D eigenvalue weighted by atomic mass is 9.85. The molecule has 7 heteroatoms. The second-order valence-electron chi connectivity index (χ2n) is 11.6. The lowest BCUT2D eigenvalue weighted by molar-refractivity contribution is -0.141. The summed E-state index contributed by atoms with van der Waals surface area (Å²) < 4.78 is 0. The molecule has 2 aromatic rings. The fourth-order valence-corrected chi connectivity index (χ4v) is 5.86. The van der Waals surface area contributed by atoms with E-state index in [9.17, 15) is 14.4 Å². The Labute approximate surface area is 220 Å². The zero-order valence-electron chi connectivity index (χ0n) is 22.3. The number of nitrogens with one attached hydrogen (secondary N) is 2. The van der Waals surface area contributed by atoms with Crippen molar-refractivity contribution in [2.45, 2.75) is 77.0 Å². The molecule has 2 fully saturated rings. The molecule has 198 valence electrons. The highest BCUT2D eigenvalue weighted by Crippen LogP contribution is 2.40. The van der Waals surface area contributed by atoms with Gasteiger partial charge >= 0.3 is 0 Å². The van der Waals surface area contributed by atoms with E-state index in [2.05, 4.69) is 10.6 Å². The third-order valence-electron chi connectivity index (χ3n) is 7.80. The molecule has 0 aromatic heterocycles. The van der Waals surface area contributed by atoms with Gasteiger partial charge in [-0.3, -0.25) is 14.4 Å². The molecule has 0 spiro atoms. The standard InChI is InChI=1S/C30H40N4O3/c1-19(31)27(35)33-26(30(2,3)4)29(37)34-18-17-22-15-16-23(25(22)34)32-28(36)24(20-11-7-5-8-12-20)21-13-9-6-10-14-21/h5-14,19,22-26H,15-18,31H2,1-4H3,(H,32,36)(H,33,35)/t19-,22?,23?,25?,26?/m0/s1. The first kappa shape index (κ1) is 26.9. The van der Waals surface area contributed by atoms with Crippen molar-refractivity contribution in [3.05, 3.63) is 71.8 Å². The van der Waals surface area contributed by atoms with Crippen molar-refractivity contribution in [1.29, 1.82) is 0 Å². The van der Waals surface area contributed by atoms with Crippen molar-refractivity contribution in [3.8, 4) is 0 Å². The van der Waals surface area contributed by atoms with E-state index < -0.39 is 23.4 Å². The number of nitrogens with zero attached hydrogens (tertiary/aromatic N) is 1. The number of carbonyl (C=O) groups excluding carboxylic acids is 3. The van der Waals surface area contributed by atoms with Gasteiger partial charge in [0, 0.05) is 12.6 Å². The quantitative estimate of drug-likeness (QED) is 0.539. The summed E-state index contributed by atoms with van der Waals surface area (Å²) in [5.74, 6) is -0.586. The molecule has 1 aliphatic carbocycles. The van der Waals surface area contributed by atoms with Crippen molar-refractivity contribution in [3.63, 3.8) is 0 Å². The first-order valence-corrected chi connectivity index (χ1v) is 13.3. The minimum absolute atomic E-state index is 0.0556. The van der Waals surface area contributed by atoms with Gasteiger partial charge in [0.25, 0.3) is 0 Å². The summed E-state index contributed by atoms with van der Waals surface area (Å²) in [6.45, 7) is 8.08. The Balaban J connectivity index is 1.56. The Kier molecular flexibility index (Phi) is 8.02. The average molecular weight is 505 g/mol. The smallest absolute Gasteiger partial charge is 0.246 e. The molecule has 37 heavy (non-hydrogen) atoms. The maximum atomic E-state index is 13.9. The van der Waals surface area contributed by atoms with E-state index in [1.54, 1.807) is 6.92 Å².